The van der Waals surface area contributed by atoms with Gasteiger partial charge in [0.05, 0.1) is 11.3 Å². The highest BCUT2D eigenvalue weighted by atomic mass is 16.5. The molecular formula is C26H30N4O5. The van der Waals surface area contributed by atoms with Crippen LogP contribution in [0, 0.1) is 13.8 Å². The lowest BCUT2D eigenvalue weighted by atomic mass is 9.98. The molecule has 35 heavy (non-hydrogen) atoms. The second-order valence-corrected chi connectivity index (χ2v) is 9.17. The summed E-state index contributed by atoms with van der Waals surface area (Å²) in [7, 11) is 0. The van der Waals surface area contributed by atoms with Crippen molar-refractivity contribution in [2.24, 2.45) is 0 Å². The molecule has 4 amide bonds. The van der Waals surface area contributed by atoms with Gasteiger partial charge in [0.2, 0.25) is 11.8 Å². The molecule has 0 spiro atoms. The van der Waals surface area contributed by atoms with E-state index in [2.05, 4.69) is 10.9 Å². The van der Waals surface area contributed by atoms with Crippen LogP contribution in [0.1, 0.15) is 54.6 Å². The largest absolute Gasteiger partial charge is 0.481 e. The van der Waals surface area contributed by atoms with Crippen molar-refractivity contribution in [2.75, 3.05) is 11.4 Å². The average Bonchev–Trinajstić information content (AvgIpc) is 3.15. The summed E-state index contributed by atoms with van der Waals surface area (Å²) >= 11 is 0. The van der Waals surface area contributed by atoms with Crippen molar-refractivity contribution < 1.29 is 23.9 Å². The van der Waals surface area contributed by atoms with Gasteiger partial charge in [-0.3, -0.25) is 34.9 Å². The standard InChI is InChI=1S/C26H30N4O5/c1-16-8-7-11-21(17(16)2)35-18(3)24(33)28-27-22(31)13-15-29-25(34)19-9-5-6-10-20(19)30-23(32)12-14-26(29,30)4/h5-11,18H,12-15H2,1-4H3,(H,27,31)(H,28,33)/t18-,26+/m1/s1. The summed E-state index contributed by atoms with van der Waals surface area (Å²) < 4.78 is 5.74. The molecule has 2 aliphatic heterocycles. The number of ether oxygens (including phenoxy) is 1. The highest BCUT2D eigenvalue weighted by Gasteiger charge is 2.52. The zero-order valence-corrected chi connectivity index (χ0v) is 20.4. The quantitative estimate of drug-likeness (QED) is 0.621. The Hall–Kier alpha value is -3.88. The molecule has 2 aliphatic rings. The van der Waals surface area contributed by atoms with Crippen molar-refractivity contribution in [3.8, 4) is 5.75 Å². The molecule has 2 aromatic rings. The van der Waals surface area contributed by atoms with E-state index in [-0.39, 0.29) is 24.8 Å². The Bertz CT molecular complexity index is 1200. The lowest BCUT2D eigenvalue weighted by Gasteiger charge is -2.48. The molecular weight excluding hydrogens is 448 g/mol. The summed E-state index contributed by atoms with van der Waals surface area (Å²) in [6, 6.07) is 12.6. The van der Waals surface area contributed by atoms with Gasteiger partial charge in [0, 0.05) is 19.4 Å². The Kier molecular flexibility index (Phi) is 6.51. The summed E-state index contributed by atoms with van der Waals surface area (Å²) in [6.45, 7) is 7.41. The Morgan fingerprint density at radius 2 is 1.83 bits per heavy atom. The molecule has 4 rings (SSSR count). The molecule has 1 saturated heterocycles. The molecule has 0 saturated carbocycles. The van der Waals surface area contributed by atoms with E-state index < -0.39 is 23.6 Å². The van der Waals surface area contributed by atoms with E-state index in [1.807, 2.05) is 32.9 Å². The summed E-state index contributed by atoms with van der Waals surface area (Å²) in [5, 5.41) is 0. The fraction of sp³-hybridized carbons (Fsp3) is 0.385. The van der Waals surface area contributed by atoms with Gasteiger partial charge in [0.25, 0.3) is 11.8 Å². The van der Waals surface area contributed by atoms with Gasteiger partial charge in [-0.2, -0.15) is 0 Å². The van der Waals surface area contributed by atoms with Crippen molar-refractivity contribution in [3.63, 3.8) is 0 Å². The number of anilines is 1. The second kappa shape index (κ2) is 9.40. The number of amides is 4. The number of hydrogen-bond donors (Lipinski definition) is 2. The number of carbonyl (C=O) groups is 4. The van der Waals surface area contributed by atoms with Gasteiger partial charge in [-0.15, -0.1) is 0 Å². The summed E-state index contributed by atoms with van der Waals surface area (Å²) in [4.78, 5) is 54.0. The molecule has 9 heteroatoms. The summed E-state index contributed by atoms with van der Waals surface area (Å²) in [5.41, 5.74) is 6.98. The van der Waals surface area contributed by atoms with Gasteiger partial charge < -0.3 is 9.64 Å². The van der Waals surface area contributed by atoms with Crippen molar-refractivity contribution in [1.82, 2.24) is 15.8 Å². The lowest BCUT2D eigenvalue weighted by Crippen LogP contribution is -2.62. The molecule has 0 unspecified atom stereocenters. The van der Waals surface area contributed by atoms with Gasteiger partial charge in [-0.1, -0.05) is 24.3 Å². The van der Waals surface area contributed by atoms with E-state index in [0.717, 1.165) is 11.1 Å². The maximum Gasteiger partial charge on any atom is 0.279 e. The number of aryl methyl sites for hydroxylation is 1. The second-order valence-electron chi connectivity index (χ2n) is 9.17. The van der Waals surface area contributed by atoms with Crippen LogP contribution < -0.4 is 20.5 Å². The first-order chi connectivity index (χ1) is 16.6. The first-order valence-electron chi connectivity index (χ1n) is 11.7. The Morgan fingerprint density at radius 1 is 1.09 bits per heavy atom. The fourth-order valence-corrected chi connectivity index (χ4v) is 4.65. The summed E-state index contributed by atoms with van der Waals surface area (Å²) in [6.07, 6.45) is -0.0574. The molecule has 2 aromatic carbocycles. The van der Waals surface area contributed by atoms with Gasteiger partial charge in [-0.05, 0) is 63.4 Å². The van der Waals surface area contributed by atoms with Crippen LogP contribution in [-0.2, 0) is 14.4 Å². The minimum atomic E-state index is -0.833. The SMILES string of the molecule is Cc1cccc(O[C@H](C)C(=O)NNC(=O)CCN2C(=O)c3ccccc3N3C(=O)CC[C@@]23C)c1C. The highest BCUT2D eigenvalue weighted by molar-refractivity contribution is 6.10. The molecule has 184 valence electrons. The minimum Gasteiger partial charge on any atom is -0.481 e. The third-order valence-electron chi connectivity index (χ3n) is 6.86. The van der Waals surface area contributed by atoms with E-state index in [1.54, 1.807) is 47.1 Å². The number of rotatable bonds is 6. The Balaban J connectivity index is 1.35. The number of benzene rings is 2. The molecule has 0 radical (unpaired) electrons. The zero-order chi connectivity index (χ0) is 25.3. The van der Waals surface area contributed by atoms with E-state index >= 15 is 0 Å². The Morgan fingerprint density at radius 3 is 2.60 bits per heavy atom. The highest BCUT2D eigenvalue weighted by Crippen LogP contribution is 2.43. The smallest absolute Gasteiger partial charge is 0.279 e. The third-order valence-corrected chi connectivity index (χ3v) is 6.86. The molecule has 0 aromatic heterocycles. The topological polar surface area (TPSA) is 108 Å². The predicted molar refractivity (Wildman–Crippen MR) is 130 cm³/mol. The van der Waals surface area contributed by atoms with E-state index in [0.29, 0.717) is 29.8 Å². The van der Waals surface area contributed by atoms with Gasteiger partial charge >= 0.3 is 0 Å². The number of fused-ring (bicyclic) bond motifs is 3. The van der Waals surface area contributed by atoms with Crippen LogP contribution in [0.15, 0.2) is 42.5 Å². The van der Waals surface area contributed by atoms with Crippen molar-refractivity contribution >= 4 is 29.3 Å². The van der Waals surface area contributed by atoms with Crippen LogP contribution in [0.5, 0.6) is 5.75 Å². The van der Waals surface area contributed by atoms with Crippen molar-refractivity contribution in [1.29, 1.82) is 0 Å². The number of hydrogen-bond acceptors (Lipinski definition) is 5. The van der Waals surface area contributed by atoms with Crippen LogP contribution in [0.3, 0.4) is 0 Å². The number of nitrogens with one attached hydrogen (secondary N) is 2. The van der Waals surface area contributed by atoms with E-state index in [1.165, 1.54) is 0 Å². The molecule has 1 fully saturated rings. The van der Waals surface area contributed by atoms with E-state index in [4.69, 9.17) is 4.74 Å². The zero-order valence-electron chi connectivity index (χ0n) is 20.4. The molecule has 2 N–H and O–H groups in total. The van der Waals surface area contributed by atoms with Crippen LogP contribution in [0.2, 0.25) is 0 Å². The van der Waals surface area contributed by atoms with Crippen LogP contribution in [-0.4, -0.2) is 46.8 Å². The van der Waals surface area contributed by atoms with Crippen LogP contribution in [0.4, 0.5) is 5.69 Å². The molecule has 2 atom stereocenters. The number of para-hydroxylation sites is 1. The van der Waals surface area contributed by atoms with Crippen molar-refractivity contribution in [3.05, 3.63) is 59.2 Å². The van der Waals surface area contributed by atoms with Crippen LogP contribution in [0.25, 0.3) is 0 Å². The first-order valence-corrected chi connectivity index (χ1v) is 11.7. The molecule has 0 aliphatic carbocycles. The fourth-order valence-electron chi connectivity index (χ4n) is 4.65. The van der Waals surface area contributed by atoms with E-state index in [9.17, 15) is 19.2 Å². The number of hydrazine groups is 1. The van der Waals surface area contributed by atoms with Crippen molar-refractivity contribution in [2.45, 2.75) is 58.7 Å². The van der Waals surface area contributed by atoms with Crippen LogP contribution >= 0.6 is 0 Å². The average molecular weight is 479 g/mol. The van der Waals surface area contributed by atoms with Gasteiger partial charge in [-0.25, -0.2) is 0 Å². The third kappa shape index (κ3) is 4.45. The van der Waals surface area contributed by atoms with Gasteiger partial charge in [0.15, 0.2) is 6.10 Å². The maximum atomic E-state index is 13.2. The first kappa shape index (κ1) is 24.3. The maximum absolute atomic E-state index is 13.2. The Labute approximate surface area is 204 Å². The number of nitrogens with zero attached hydrogens (tertiary/aromatic N) is 2. The molecule has 0 bridgehead atoms. The minimum absolute atomic E-state index is 0.0436. The lowest BCUT2D eigenvalue weighted by molar-refractivity contribution is -0.132. The summed E-state index contributed by atoms with van der Waals surface area (Å²) in [5.74, 6) is -0.620. The van der Waals surface area contributed by atoms with Gasteiger partial charge in [0.1, 0.15) is 11.4 Å². The predicted octanol–water partition coefficient (Wildman–Crippen LogP) is 2.61. The molecule has 9 nitrogen and oxygen atoms in total. The monoisotopic (exact) mass is 478 g/mol. The molecule has 2 heterocycles. The normalized spacial score (nSPS) is 19.7. The number of carbonyl (C=O) groups excluding carboxylic acids is 4.